The average molecular weight is 625 g/mol. The number of nitrogens with zero attached hydrogens (tertiary/aromatic N) is 4. The summed E-state index contributed by atoms with van der Waals surface area (Å²) in [6.45, 7) is 0. The number of hydrogen-bond donors (Lipinski definition) is 0. The molecule has 0 saturated heterocycles. The van der Waals surface area contributed by atoms with Gasteiger partial charge in [0.1, 0.15) is 0 Å². The number of hydrogen-bond acceptors (Lipinski definition) is 2. The summed E-state index contributed by atoms with van der Waals surface area (Å²) in [5.74, 6) is 0. The first-order valence-corrected chi connectivity index (χ1v) is 15.4. The molecule has 2 aliphatic rings. The number of para-hydroxylation sites is 2. The molecule has 7 heteroatoms. The molecule has 4 nitrogen and oxygen atoms in total. The second-order valence-electron chi connectivity index (χ2n) is 9.66. The van der Waals surface area contributed by atoms with Crippen LogP contribution in [0.1, 0.15) is 29.5 Å². The maximum absolute atomic E-state index is 4.88. The molecule has 0 fully saturated rings. The third-order valence-electron chi connectivity index (χ3n) is 7.59. The predicted molar refractivity (Wildman–Crippen MR) is 146 cm³/mol. The van der Waals surface area contributed by atoms with Gasteiger partial charge in [-0.1, -0.05) is 0 Å². The van der Waals surface area contributed by atoms with Crippen LogP contribution >= 0.6 is 0 Å². The van der Waals surface area contributed by atoms with E-state index in [1.54, 1.807) is 0 Å². The number of allylic oxidation sites excluding steroid dienone is 2. The Morgan fingerprint density at radius 3 is 1.41 bits per heavy atom. The van der Waals surface area contributed by atoms with Crippen LogP contribution in [0.25, 0.3) is 45.4 Å². The van der Waals surface area contributed by atoms with Crippen LogP contribution in [0.5, 0.6) is 0 Å². The van der Waals surface area contributed by atoms with Crippen LogP contribution in [-0.4, -0.2) is 19.6 Å². The molecule has 0 radical (unpaired) electrons. The maximum Gasteiger partial charge on any atom is -1.00 e. The zero-order chi connectivity index (χ0) is 24.3. The van der Waals surface area contributed by atoms with Gasteiger partial charge in [-0.2, -0.15) is 0 Å². The molecule has 2 aliphatic carbocycles. The van der Waals surface area contributed by atoms with E-state index < -0.39 is 23.2 Å². The van der Waals surface area contributed by atoms with Crippen LogP contribution in [-0.2, 0) is 23.2 Å². The minimum atomic E-state index is -1.17. The van der Waals surface area contributed by atoms with E-state index in [1.807, 2.05) is 12.4 Å². The van der Waals surface area contributed by atoms with Crippen molar-refractivity contribution in [2.45, 2.75) is 7.25 Å². The molecule has 2 aromatic heterocycles. The molecular weight excluding hydrogens is 603 g/mol. The fraction of sp³-hybridized carbons (Fsp3) is 0.0625. The molecule has 0 N–H and O–H groups in total. The smallest absolute Gasteiger partial charge is 1.00 e. The Balaban J connectivity index is 0.00000138. The summed E-state index contributed by atoms with van der Waals surface area (Å²) in [4.78, 5) is 0. The van der Waals surface area contributed by atoms with Crippen molar-refractivity contribution >= 4 is 45.4 Å². The number of aromatic nitrogens is 4. The largest absolute Gasteiger partial charge is 1.00 e. The molecule has 0 saturated carbocycles. The minimum Gasteiger partial charge on any atom is -1.00 e. The first kappa shape index (κ1) is 26.0. The Morgan fingerprint density at radius 2 is 0.923 bits per heavy atom. The van der Waals surface area contributed by atoms with E-state index in [1.165, 1.54) is 55.5 Å². The van der Waals surface area contributed by atoms with Crippen molar-refractivity contribution in [3.8, 4) is 0 Å². The molecule has 2 heterocycles. The van der Waals surface area contributed by atoms with Crippen LogP contribution in [0.2, 0.25) is 0 Å². The molecule has 0 bridgehead atoms. The summed E-state index contributed by atoms with van der Waals surface area (Å²) in [6, 6.07) is 34.8. The minimum absolute atomic E-state index is 0. The molecule has 0 amide bonds. The normalized spacial score (nSPS) is 17.0. The molecule has 0 spiro atoms. The monoisotopic (exact) mass is 622 g/mol. The summed E-state index contributed by atoms with van der Waals surface area (Å²) in [7, 11) is 0. The van der Waals surface area contributed by atoms with E-state index >= 15 is 0 Å². The molecule has 8 rings (SSSR count). The van der Waals surface area contributed by atoms with Crippen LogP contribution in [0.4, 0.5) is 0 Å². The van der Waals surface area contributed by atoms with Crippen molar-refractivity contribution in [1.29, 1.82) is 0 Å². The van der Waals surface area contributed by atoms with Gasteiger partial charge in [-0.3, -0.25) is 0 Å². The Morgan fingerprint density at radius 1 is 0.513 bits per heavy atom. The van der Waals surface area contributed by atoms with Gasteiger partial charge in [0.15, 0.2) is 0 Å². The fourth-order valence-electron chi connectivity index (χ4n) is 5.85. The van der Waals surface area contributed by atoms with Gasteiger partial charge < -0.3 is 24.8 Å². The van der Waals surface area contributed by atoms with Crippen LogP contribution in [0.3, 0.4) is 0 Å². The third-order valence-corrected chi connectivity index (χ3v) is 12.2. The van der Waals surface area contributed by atoms with Crippen molar-refractivity contribution in [2.75, 3.05) is 0 Å². The van der Waals surface area contributed by atoms with Gasteiger partial charge in [0.05, 0.1) is 0 Å². The summed E-state index contributed by atoms with van der Waals surface area (Å²) in [6.07, 6.45) is 8.72. The van der Waals surface area contributed by atoms with Gasteiger partial charge in [0, 0.05) is 0 Å². The van der Waals surface area contributed by atoms with Gasteiger partial charge in [-0.25, -0.2) is 0 Å². The number of halogens is 2. The second kappa shape index (κ2) is 10.4. The standard InChI is InChI=1S/2C16H11N2.2ClH.Zr/c2*1-2-6-13-10-15(9-12(13)5-1)18-16-8-4-3-7-14(16)11-17-18;;;/h2*1-11H;2*1H;/q;;;;+2/p-2. The van der Waals surface area contributed by atoms with Crippen molar-refractivity contribution in [1.82, 2.24) is 19.6 Å². The zero-order valence-electron chi connectivity index (χ0n) is 20.7. The van der Waals surface area contributed by atoms with Crippen LogP contribution < -0.4 is 24.8 Å². The number of benzene rings is 4. The molecule has 2 atom stereocenters. The summed E-state index contributed by atoms with van der Waals surface area (Å²) >= 11 is -1.17. The second-order valence-corrected chi connectivity index (χ2v) is 13.3. The van der Waals surface area contributed by atoms with E-state index in [4.69, 9.17) is 10.2 Å². The number of rotatable bonds is 4. The fourth-order valence-corrected chi connectivity index (χ4v) is 10.7. The van der Waals surface area contributed by atoms with E-state index in [9.17, 15) is 0 Å². The summed E-state index contributed by atoms with van der Waals surface area (Å²) < 4.78 is 5.14. The van der Waals surface area contributed by atoms with Crippen molar-refractivity contribution in [3.63, 3.8) is 0 Å². The first-order valence-electron chi connectivity index (χ1n) is 12.6. The van der Waals surface area contributed by atoms with Gasteiger partial charge in [0.2, 0.25) is 0 Å². The van der Waals surface area contributed by atoms with Gasteiger partial charge in [-0.05, 0) is 0 Å². The van der Waals surface area contributed by atoms with E-state index in [0.717, 1.165) is 0 Å². The molecule has 6 aromatic rings. The molecule has 188 valence electrons. The Kier molecular flexibility index (Phi) is 6.93. The predicted octanol–water partition coefficient (Wildman–Crippen LogP) is 1.28. The van der Waals surface area contributed by atoms with E-state index in [-0.39, 0.29) is 24.8 Å². The van der Waals surface area contributed by atoms with Crippen LogP contribution in [0.15, 0.2) is 109 Å². The number of fused-ring (bicyclic) bond motifs is 4. The van der Waals surface area contributed by atoms with Crippen LogP contribution in [0, 0.1) is 0 Å². The molecule has 0 aliphatic heterocycles. The van der Waals surface area contributed by atoms with Crippen molar-refractivity contribution < 1.29 is 48.0 Å². The molecule has 39 heavy (non-hydrogen) atoms. The topological polar surface area (TPSA) is 35.6 Å². The molecule has 2 unspecified atom stereocenters. The van der Waals surface area contributed by atoms with Gasteiger partial charge in [0.25, 0.3) is 0 Å². The summed E-state index contributed by atoms with van der Waals surface area (Å²) in [5.41, 5.74) is 10.5. The van der Waals surface area contributed by atoms with Gasteiger partial charge in [-0.15, -0.1) is 0 Å². The van der Waals surface area contributed by atoms with Crippen molar-refractivity contribution in [3.05, 3.63) is 132 Å². The van der Waals surface area contributed by atoms with Crippen molar-refractivity contribution in [2.24, 2.45) is 0 Å². The Labute approximate surface area is 250 Å². The first-order chi connectivity index (χ1) is 18.3. The zero-order valence-corrected chi connectivity index (χ0v) is 24.7. The van der Waals surface area contributed by atoms with E-state index in [0.29, 0.717) is 7.25 Å². The molecular formula is C32H22Cl2N4Zr. The third kappa shape index (κ3) is 4.16. The Hall–Kier alpha value is -3.24. The molecule has 4 aromatic carbocycles. The average Bonchev–Trinajstić information content (AvgIpc) is 3.72. The Bertz CT molecular complexity index is 1760. The quantitative estimate of drug-likeness (QED) is 0.297. The van der Waals surface area contributed by atoms with Gasteiger partial charge >= 0.3 is 227 Å². The maximum atomic E-state index is 4.88. The summed E-state index contributed by atoms with van der Waals surface area (Å²) in [5, 5.41) is 12.1. The van der Waals surface area contributed by atoms with E-state index in [2.05, 4.69) is 119 Å². The SMILES string of the molecule is C1=C(n2ncc3ccccc32)[CH]([Zr+2][CH]2C(n3ncc4ccccc43)=Cc3ccccc32)c2ccccc21.[Cl-].[Cl-].